The molecule has 178 valence electrons. The second-order valence-corrected chi connectivity index (χ2v) is 16.3. The van der Waals surface area contributed by atoms with Gasteiger partial charge in [0, 0.05) is 17.8 Å². The number of rotatable bonds is 4. The monoisotopic (exact) mass is 460 g/mol. The lowest BCUT2D eigenvalue weighted by Gasteiger charge is -2.53. The van der Waals surface area contributed by atoms with Gasteiger partial charge in [0.15, 0.2) is 14.1 Å². The first-order chi connectivity index (χ1) is 14.6. The van der Waals surface area contributed by atoms with Crippen molar-refractivity contribution in [1.29, 1.82) is 0 Å². The molecule has 1 aromatic carbocycles. The van der Waals surface area contributed by atoms with Crippen molar-refractivity contribution in [3.05, 3.63) is 40.5 Å². The summed E-state index contributed by atoms with van der Waals surface area (Å²) in [7, 11) is -0.625. The zero-order chi connectivity index (χ0) is 24.3. The van der Waals surface area contributed by atoms with Crippen LogP contribution in [0.4, 0.5) is 0 Å². The summed E-state index contributed by atoms with van der Waals surface area (Å²) in [4.78, 5) is 14.1. The number of hydrogen-bond acceptors (Lipinski definition) is 5. The van der Waals surface area contributed by atoms with Gasteiger partial charge in [0.05, 0.1) is 25.4 Å². The summed E-state index contributed by atoms with van der Waals surface area (Å²) in [5, 5.41) is 22.5. The molecule has 2 aliphatic rings. The maximum Gasteiger partial charge on any atom is 0.199 e. The Hall–Kier alpha value is -1.47. The van der Waals surface area contributed by atoms with Gasteiger partial charge in [0.2, 0.25) is 0 Å². The molecule has 0 radical (unpaired) electrons. The number of carbonyl (C=O) groups excluding carboxylic acids is 1. The van der Waals surface area contributed by atoms with Crippen molar-refractivity contribution < 1.29 is 24.2 Å². The molecule has 0 fully saturated rings. The quantitative estimate of drug-likeness (QED) is 0.476. The van der Waals surface area contributed by atoms with Crippen LogP contribution in [0.25, 0.3) is 0 Å². The van der Waals surface area contributed by atoms with Crippen molar-refractivity contribution >= 4 is 14.1 Å². The number of Topliss-reactive ketones (excluding diaryl/α,β-unsaturated/α-hetero) is 1. The molecule has 2 bridgehead atoms. The van der Waals surface area contributed by atoms with Gasteiger partial charge in [-0.25, -0.2) is 0 Å². The largest absolute Gasteiger partial charge is 0.496 e. The summed E-state index contributed by atoms with van der Waals surface area (Å²) in [6.07, 6.45) is 0.424. The molecule has 0 amide bonds. The van der Waals surface area contributed by atoms with E-state index in [1.54, 1.807) is 6.07 Å². The fourth-order valence-electron chi connectivity index (χ4n) is 5.10. The third-order valence-electron chi connectivity index (χ3n) is 8.46. The van der Waals surface area contributed by atoms with Crippen LogP contribution in [-0.4, -0.2) is 49.7 Å². The lowest BCUT2D eigenvalue weighted by Crippen LogP contribution is -2.60. The van der Waals surface area contributed by atoms with Crippen molar-refractivity contribution in [2.45, 2.75) is 90.1 Å². The number of aliphatic hydroxyl groups excluding tert-OH is 1. The minimum atomic E-state index is -2.16. The molecular formula is C26H40O5Si. The van der Waals surface area contributed by atoms with Crippen LogP contribution in [0.5, 0.6) is 5.75 Å². The van der Waals surface area contributed by atoms with E-state index in [0.29, 0.717) is 17.7 Å². The summed E-state index contributed by atoms with van der Waals surface area (Å²) in [6.45, 7) is 16.8. The molecule has 3 rings (SSSR count). The van der Waals surface area contributed by atoms with Gasteiger partial charge in [-0.15, -0.1) is 0 Å². The van der Waals surface area contributed by atoms with Crippen molar-refractivity contribution in [3.8, 4) is 5.75 Å². The molecule has 0 spiro atoms. The predicted molar refractivity (Wildman–Crippen MR) is 130 cm³/mol. The number of fused-ring (bicyclic) bond motifs is 3. The molecule has 2 aliphatic carbocycles. The van der Waals surface area contributed by atoms with E-state index < -0.39 is 19.3 Å². The smallest absolute Gasteiger partial charge is 0.199 e. The Kier molecular flexibility index (Phi) is 6.35. The zero-order valence-corrected chi connectivity index (χ0v) is 22.1. The Labute approximate surface area is 194 Å². The summed E-state index contributed by atoms with van der Waals surface area (Å²) in [5.41, 5.74) is 0.776. The standard InChI is InChI=1S/C26H40O5Si/c1-16-19-13-17(15-27)18-11-10-12-20(30-7)22(18)23(28)26(29,25(19,5)6)14-21(16)31-32(8,9)24(2,3)4/h10-12,17,21,27,29H,13-15H2,1-9H3/t17-,21-,26+/m0/s1. The fourth-order valence-corrected chi connectivity index (χ4v) is 6.42. The highest BCUT2D eigenvalue weighted by atomic mass is 28.4. The first-order valence-electron chi connectivity index (χ1n) is 11.5. The Balaban J connectivity index is 2.26. The number of ketones is 1. The molecule has 2 N–H and O–H groups in total. The lowest BCUT2D eigenvalue weighted by atomic mass is 9.56. The molecule has 0 aromatic heterocycles. The van der Waals surface area contributed by atoms with Gasteiger partial charge in [-0.3, -0.25) is 4.79 Å². The van der Waals surface area contributed by atoms with E-state index in [1.165, 1.54) is 7.11 Å². The van der Waals surface area contributed by atoms with Crippen LogP contribution in [0.2, 0.25) is 18.1 Å². The number of methoxy groups -OCH3 is 1. The number of carbonyl (C=O) groups is 1. The van der Waals surface area contributed by atoms with Crippen LogP contribution in [0.15, 0.2) is 29.3 Å². The van der Waals surface area contributed by atoms with Crippen LogP contribution in [-0.2, 0) is 4.43 Å². The summed E-state index contributed by atoms with van der Waals surface area (Å²) in [5.74, 6) is -0.168. The van der Waals surface area contributed by atoms with E-state index in [1.807, 2.05) is 26.0 Å². The van der Waals surface area contributed by atoms with Crippen molar-refractivity contribution in [3.63, 3.8) is 0 Å². The van der Waals surface area contributed by atoms with Gasteiger partial charge in [-0.1, -0.05) is 52.3 Å². The third-order valence-corrected chi connectivity index (χ3v) is 12.9. The maximum absolute atomic E-state index is 14.1. The first-order valence-corrected chi connectivity index (χ1v) is 14.5. The fraction of sp³-hybridized carbons (Fsp3) is 0.654. The molecule has 0 aliphatic heterocycles. The summed E-state index contributed by atoms with van der Waals surface area (Å²) < 4.78 is 12.3. The zero-order valence-electron chi connectivity index (χ0n) is 21.1. The highest BCUT2D eigenvalue weighted by Crippen LogP contribution is 2.55. The molecule has 1 aromatic rings. The highest BCUT2D eigenvalue weighted by molar-refractivity contribution is 6.74. The van der Waals surface area contributed by atoms with Crippen LogP contribution in [0.3, 0.4) is 0 Å². The SMILES string of the molecule is COc1cccc2c1C(=O)[C@]1(O)C[C@H](O[Si](C)(C)C(C)(C)C)C(C)=C(C[C@H]2CO)C1(C)C. The van der Waals surface area contributed by atoms with Gasteiger partial charge in [0.25, 0.3) is 0 Å². The molecule has 0 saturated carbocycles. The molecule has 5 nitrogen and oxygen atoms in total. The molecule has 0 unspecified atom stereocenters. The Bertz CT molecular complexity index is 940. The topological polar surface area (TPSA) is 76.0 Å². The van der Waals surface area contributed by atoms with Crippen LogP contribution in [0, 0.1) is 5.41 Å². The van der Waals surface area contributed by atoms with Gasteiger partial charge in [0.1, 0.15) is 11.4 Å². The number of benzene rings is 1. The van der Waals surface area contributed by atoms with Crippen molar-refractivity contribution in [1.82, 2.24) is 0 Å². The van der Waals surface area contributed by atoms with E-state index in [0.717, 1.165) is 16.7 Å². The summed E-state index contributed by atoms with van der Waals surface area (Å²) >= 11 is 0. The molecule has 6 heteroatoms. The van der Waals surface area contributed by atoms with E-state index >= 15 is 0 Å². The van der Waals surface area contributed by atoms with E-state index in [9.17, 15) is 15.0 Å². The van der Waals surface area contributed by atoms with Gasteiger partial charge in [-0.2, -0.15) is 0 Å². The number of aliphatic hydroxyl groups is 2. The Morgan fingerprint density at radius 3 is 2.38 bits per heavy atom. The van der Waals surface area contributed by atoms with Crippen molar-refractivity contribution in [2.24, 2.45) is 5.41 Å². The van der Waals surface area contributed by atoms with Gasteiger partial charge < -0.3 is 19.4 Å². The van der Waals surface area contributed by atoms with Crippen LogP contribution < -0.4 is 4.74 Å². The minimum absolute atomic E-state index is 0.00303. The van der Waals surface area contributed by atoms with Gasteiger partial charge in [-0.05, 0) is 48.7 Å². The summed E-state index contributed by atoms with van der Waals surface area (Å²) in [6, 6.07) is 5.45. The molecule has 3 atom stereocenters. The number of ether oxygens (including phenoxy) is 1. The van der Waals surface area contributed by atoms with Crippen LogP contribution in [0.1, 0.15) is 76.2 Å². The second-order valence-electron chi connectivity index (χ2n) is 11.6. The maximum atomic E-state index is 14.1. The molecule has 32 heavy (non-hydrogen) atoms. The third kappa shape index (κ3) is 3.69. The minimum Gasteiger partial charge on any atom is -0.496 e. The lowest BCUT2D eigenvalue weighted by molar-refractivity contribution is -0.0603. The van der Waals surface area contributed by atoms with E-state index in [-0.39, 0.29) is 35.9 Å². The molecule has 0 saturated heterocycles. The average Bonchev–Trinajstić information content (AvgIpc) is 2.69. The van der Waals surface area contributed by atoms with Crippen LogP contribution >= 0.6 is 0 Å². The predicted octanol–water partition coefficient (Wildman–Crippen LogP) is 5.23. The Morgan fingerprint density at radius 1 is 1.22 bits per heavy atom. The second kappa shape index (κ2) is 8.08. The van der Waals surface area contributed by atoms with Crippen molar-refractivity contribution in [2.75, 3.05) is 13.7 Å². The highest BCUT2D eigenvalue weighted by Gasteiger charge is 2.59. The van der Waals surface area contributed by atoms with E-state index in [2.05, 4.69) is 40.8 Å². The van der Waals surface area contributed by atoms with Gasteiger partial charge >= 0.3 is 0 Å². The van der Waals surface area contributed by atoms with E-state index in [4.69, 9.17) is 9.16 Å². The normalized spacial score (nSPS) is 28.2. The first kappa shape index (κ1) is 25.2. The average molecular weight is 461 g/mol. The molecule has 0 heterocycles. The molecular weight excluding hydrogens is 420 g/mol. The number of hydrogen-bond donors (Lipinski definition) is 2. The Morgan fingerprint density at radius 2 is 1.84 bits per heavy atom.